The largest absolute Gasteiger partial charge is 0.298 e. The molecule has 0 fully saturated rings. The number of carbonyl (C=O) groups is 2. The topological polar surface area (TPSA) is 59.9 Å². The zero-order valence-corrected chi connectivity index (χ0v) is 11.0. The maximum Gasteiger partial charge on any atom is 0.176 e. The van der Waals surface area contributed by atoms with Gasteiger partial charge < -0.3 is 0 Å². The van der Waals surface area contributed by atoms with Gasteiger partial charge in [-0.05, 0) is 20.1 Å². The van der Waals surface area contributed by atoms with E-state index in [9.17, 15) is 9.59 Å². The molecule has 0 aliphatic heterocycles. The van der Waals surface area contributed by atoms with E-state index in [2.05, 4.69) is 10.2 Å². The van der Waals surface area contributed by atoms with Crippen LogP contribution in [0.4, 0.5) is 0 Å². The van der Waals surface area contributed by atoms with Gasteiger partial charge in [0, 0.05) is 0 Å². The maximum absolute atomic E-state index is 11.2. The summed E-state index contributed by atoms with van der Waals surface area (Å²) in [6.07, 6.45) is 1.91. The van der Waals surface area contributed by atoms with Gasteiger partial charge >= 0.3 is 0 Å². The second-order valence-corrected chi connectivity index (χ2v) is 6.14. The van der Waals surface area contributed by atoms with Crippen LogP contribution in [0.5, 0.6) is 0 Å². The molecule has 0 aliphatic carbocycles. The van der Waals surface area contributed by atoms with Crippen molar-refractivity contribution >= 4 is 46.4 Å². The van der Waals surface area contributed by atoms with Crippen molar-refractivity contribution in [2.75, 3.05) is 6.26 Å². The lowest BCUT2D eigenvalue weighted by Crippen LogP contribution is -2.21. The average molecular weight is 262 g/mol. The standard InChI is InChI=1S/C8H10N2O2S3/c1-4(11)6(5(2)12)14-8-10-9-7(13-3)15-8/h6H,1-3H3. The number of aromatic nitrogens is 2. The third kappa shape index (κ3) is 3.58. The SMILES string of the molecule is CSc1nnc(SC(C(C)=O)C(C)=O)s1. The number of ketones is 2. The first kappa shape index (κ1) is 12.7. The van der Waals surface area contributed by atoms with Gasteiger partial charge in [0.15, 0.2) is 20.2 Å². The first-order valence-electron chi connectivity index (χ1n) is 4.09. The molecule has 0 radical (unpaired) electrons. The fourth-order valence-corrected chi connectivity index (χ4v) is 3.38. The minimum absolute atomic E-state index is 0.145. The zero-order valence-electron chi connectivity index (χ0n) is 8.51. The molecule has 1 aromatic rings. The van der Waals surface area contributed by atoms with Crippen molar-refractivity contribution in [3.63, 3.8) is 0 Å². The number of hydrogen-bond donors (Lipinski definition) is 0. The first-order chi connectivity index (χ1) is 7.04. The van der Waals surface area contributed by atoms with E-state index in [1.54, 1.807) is 0 Å². The molecule has 0 spiro atoms. The highest BCUT2D eigenvalue weighted by molar-refractivity contribution is 8.04. The van der Waals surface area contributed by atoms with Gasteiger partial charge in [0.05, 0.1) is 0 Å². The summed E-state index contributed by atoms with van der Waals surface area (Å²) in [6, 6.07) is 0. The molecule has 0 aliphatic rings. The van der Waals surface area contributed by atoms with Crippen LogP contribution >= 0.6 is 34.9 Å². The van der Waals surface area contributed by atoms with E-state index in [1.807, 2.05) is 6.26 Å². The van der Waals surface area contributed by atoms with Gasteiger partial charge in [-0.3, -0.25) is 9.59 Å². The van der Waals surface area contributed by atoms with Gasteiger partial charge in [-0.2, -0.15) is 0 Å². The molecule has 1 rings (SSSR count). The molecule has 0 saturated heterocycles. The quantitative estimate of drug-likeness (QED) is 0.596. The highest BCUT2D eigenvalue weighted by atomic mass is 32.2. The molecule has 0 unspecified atom stereocenters. The second kappa shape index (κ2) is 5.62. The summed E-state index contributed by atoms with van der Waals surface area (Å²) < 4.78 is 1.50. The lowest BCUT2D eigenvalue weighted by atomic mass is 10.2. The Kier molecular flexibility index (Phi) is 4.75. The van der Waals surface area contributed by atoms with Crippen LogP contribution in [0.2, 0.25) is 0 Å². The number of Topliss-reactive ketones (excluding diaryl/α,β-unsaturated/α-hetero) is 2. The van der Waals surface area contributed by atoms with Crippen molar-refractivity contribution in [3.05, 3.63) is 0 Å². The van der Waals surface area contributed by atoms with Crippen LogP contribution in [0.3, 0.4) is 0 Å². The van der Waals surface area contributed by atoms with Gasteiger partial charge in [0.2, 0.25) is 0 Å². The van der Waals surface area contributed by atoms with E-state index in [1.165, 1.54) is 48.7 Å². The summed E-state index contributed by atoms with van der Waals surface area (Å²) in [6.45, 7) is 2.82. The number of rotatable bonds is 5. The van der Waals surface area contributed by atoms with Gasteiger partial charge in [-0.15, -0.1) is 10.2 Å². The van der Waals surface area contributed by atoms with Gasteiger partial charge in [-0.1, -0.05) is 34.9 Å². The summed E-state index contributed by atoms with van der Waals surface area (Å²) in [5.41, 5.74) is 0. The molecule has 4 nitrogen and oxygen atoms in total. The molecule has 0 bridgehead atoms. The van der Waals surface area contributed by atoms with Crippen LogP contribution < -0.4 is 0 Å². The Labute approximate surface area is 100 Å². The highest BCUT2D eigenvalue weighted by Gasteiger charge is 2.22. The van der Waals surface area contributed by atoms with Gasteiger partial charge in [0.1, 0.15) is 5.25 Å². The summed E-state index contributed by atoms with van der Waals surface area (Å²) in [5, 5.41) is 7.15. The van der Waals surface area contributed by atoms with Crippen molar-refractivity contribution < 1.29 is 9.59 Å². The lowest BCUT2D eigenvalue weighted by Gasteiger charge is -2.05. The number of thioether (sulfide) groups is 2. The van der Waals surface area contributed by atoms with Crippen molar-refractivity contribution in [1.29, 1.82) is 0 Å². The molecule has 7 heteroatoms. The van der Waals surface area contributed by atoms with Crippen molar-refractivity contribution in [1.82, 2.24) is 10.2 Å². The van der Waals surface area contributed by atoms with E-state index in [4.69, 9.17) is 0 Å². The first-order valence-corrected chi connectivity index (χ1v) is 7.01. The molecule has 0 atom stereocenters. The predicted molar refractivity (Wildman–Crippen MR) is 62.7 cm³/mol. The van der Waals surface area contributed by atoms with E-state index in [0.717, 1.165) is 4.34 Å². The number of nitrogens with zero attached hydrogens (tertiary/aromatic N) is 2. The molecule has 0 N–H and O–H groups in total. The summed E-state index contributed by atoms with van der Waals surface area (Å²) in [4.78, 5) is 22.4. The van der Waals surface area contributed by atoms with Crippen LogP contribution in [-0.2, 0) is 9.59 Å². The van der Waals surface area contributed by atoms with Crippen LogP contribution in [0.15, 0.2) is 8.68 Å². The smallest absolute Gasteiger partial charge is 0.176 e. The molecule has 15 heavy (non-hydrogen) atoms. The molecule has 0 aromatic carbocycles. The van der Waals surface area contributed by atoms with Gasteiger partial charge in [-0.25, -0.2) is 0 Å². The van der Waals surface area contributed by atoms with E-state index < -0.39 is 5.25 Å². The molecule has 0 amide bonds. The highest BCUT2D eigenvalue weighted by Crippen LogP contribution is 2.30. The Bertz CT molecular complexity index is 364. The monoisotopic (exact) mass is 262 g/mol. The lowest BCUT2D eigenvalue weighted by molar-refractivity contribution is -0.123. The molecular weight excluding hydrogens is 252 g/mol. The second-order valence-electron chi connectivity index (χ2n) is 2.76. The van der Waals surface area contributed by atoms with Crippen molar-refractivity contribution in [3.8, 4) is 0 Å². The van der Waals surface area contributed by atoms with E-state index >= 15 is 0 Å². The minimum atomic E-state index is -0.646. The van der Waals surface area contributed by atoms with Crippen LogP contribution in [0, 0.1) is 0 Å². The van der Waals surface area contributed by atoms with Gasteiger partial charge in [0.25, 0.3) is 0 Å². The average Bonchev–Trinajstić information content (AvgIpc) is 2.60. The Balaban J connectivity index is 2.74. The van der Waals surface area contributed by atoms with Crippen LogP contribution in [0.25, 0.3) is 0 Å². The van der Waals surface area contributed by atoms with E-state index in [-0.39, 0.29) is 11.6 Å². The fourth-order valence-electron chi connectivity index (χ4n) is 0.880. The molecule has 0 saturated carbocycles. The predicted octanol–water partition coefficient (Wildman–Crippen LogP) is 1.90. The molecule has 82 valence electrons. The summed E-state index contributed by atoms with van der Waals surface area (Å²) in [5.74, 6) is -0.290. The van der Waals surface area contributed by atoms with Crippen LogP contribution in [0.1, 0.15) is 13.8 Å². The summed E-state index contributed by atoms with van der Waals surface area (Å²) in [7, 11) is 0. The summed E-state index contributed by atoms with van der Waals surface area (Å²) >= 11 is 4.06. The molecule has 1 heterocycles. The third-order valence-corrected chi connectivity index (χ3v) is 4.93. The Morgan fingerprint density at radius 3 is 2.13 bits per heavy atom. The van der Waals surface area contributed by atoms with Crippen molar-refractivity contribution in [2.45, 2.75) is 27.8 Å². The zero-order chi connectivity index (χ0) is 11.4. The number of carbonyl (C=O) groups excluding carboxylic acids is 2. The normalized spacial score (nSPS) is 10.7. The van der Waals surface area contributed by atoms with Crippen molar-refractivity contribution in [2.24, 2.45) is 0 Å². The number of hydrogen-bond acceptors (Lipinski definition) is 7. The molecule has 1 aromatic heterocycles. The van der Waals surface area contributed by atoms with E-state index in [0.29, 0.717) is 4.34 Å². The maximum atomic E-state index is 11.2. The minimum Gasteiger partial charge on any atom is -0.298 e. The Morgan fingerprint density at radius 2 is 1.73 bits per heavy atom. The van der Waals surface area contributed by atoms with Crippen LogP contribution in [-0.4, -0.2) is 33.3 Å². The fraction of sp³-hybridized carbons (Fsp3) is 0.500. The molecular formula is C8H10N2O2S3. The Hall–Kier alpha value is -0.400. The Morgan fingerprint density at radius 1 is 1.20 bits per heavy atom. The third-order valence-electron chi connectivity index (χ3n) is 1.52.